The molecule has 1 aromatic rings. The first-order valence-corrected chi connectivity index (χ1v) is 9.06. The second-order valence-electron chi connectivity index (χ2n) is 7.36. The van der Waals surface area contributed by atoms with Gasteiger partial charge in [0.1, 0.15) is 5.69 Å². The second kappa shape index (κ2) is 8.04. The zero-order valence-corrected chi connectivity index (χ0v) is 15.8. The molecule has 0 unspecified atom stereocenters. The lowest BCUT2D eigenvalue weighted by Gasteiger charge is -2.34. The molecule has 0 bridgehead atoms. The highest BCUT2D eigenvalue weighted by molar-refractivity contribution is 5.91. The molecule has 2 rings (SSSR count). The molecule has 0 aliphatic heterocycles. The highest BCUT2D eigenvalue weighted by Crippen LogP contribution is 2.29. The van der Waals surface area contributed by atoms with Crippen LogP contribution < -0.4 is 5.32 Å². The number of hydrogen-bond acceptors (Lipinski definition) is 4. The lowest BCUT2D eigenvalue weighted by Crippen LogP contribution is -2.45. The van der Waals surface area contributed by atoms with E-state index in [9.17, 15) is 14.7 Å². The van der Waals surface area contributed by atoms with Gasteiger partial charge in [0.25, 0.3) is 5.91 Å². The van der Waals surface area contributed by atoms with Gasteiger partial charge in [0.05, 0.1) is 6.10 Å². The number of nitrogens with one attached hydrogen (secondary N) is 2. The molecule has 6 nitrogen and oxygen atoms in total. The Morgan fingerprint density at radius 1 is 1.32 bits per heavy atom. The summed E-state index contributed by atoms with van der Waals surface area (Å²) in [6.07, 6.45) is 2.60. The fourth-order valence-corrected chi connectivity index (χ4v) is 3.83. The molecule has 1 fully saturated rings. The number of hydrogen-bond donors (Lipinski definition) is 3. The van der Waals surface area contributed by atoms with E-state index in [0.717, 1.165) is 18.5 Å². The van der Waals surface area contributed by atoms with Crippen molar-refractivity contribution in [1.29, 1.82) is 0 Å². The zero-order chi connectivity index (χ0) is 18.7. The Kier molecular flexibility index (Phi) is 6.27. The third kappa shape index (κ3) is 4.42. The summed E-state index contributed by atoms with van der Waals surface area (Å²) < 4.78 is 5.16. The molecule has 1 saturated carbocycles. The van der Waals surface area contributed by atoms with Crippen molar-refractivity contribution in [2.75, 3.05) is 6.61 Å². The van der Waals surface area contributed by atoms with E-state index >= 15 is 0 Å². The largest absolute Gasteiger partial charge is 0.451 e. The molecule has 0 aromatic carbocycles. The Balaban J connectivity index is 1.92. The molecule has 1 heterocycles. The van der Waals surface area contributed by atoms with Crippen LogP contribution in [0.2, 0.25) is 0 Å². The van der Waals surface area contributed by atoms with Crippen LogP contribution >= 0.6 is 0 Å². The van der Waals surface area contributed by atoms with E-state index in [0.29, 0.717) is 28.7 Å². The average Bonchev–Trinajstić information content (AvgIpc) is 2.84. The van der Waals surface area contributed by atoms with Crippen molar-refractivity contribution in [3.63, 3.8) is 0 Å². The van der Waals surface area contributed by atoms with Crippen molar-refractivity contribution in [2.24, 2.45) is 11.8 Å². The molecular weight excluding hydrogens is 320 g/mol. The summed E-state index contributed by atoms with van der Waals surface area (Å²) in [5, 5.41) is 12.8. The number of esters is 1. The van der Waals surface area contributed by atoms with Crippen molar-refractivity contribution in [3.8, 4) is 0 Å². The van der Waals surface area contributed by atoms with Gasteiger partial charge in [-0.3, -0.25) is 4.79 Å². The van der Waals surface area contributed by atoms with Gasteiger partial charge in [-0.2, -0.15) is 0 Å². The van der Waals surface area contributed by atoms with E-state index in [1.54, 1.807) is 20.8 Å². The highest BCUT2D eigenvalue weighted by Gasteiger charge is 2.28. The highest BCUT2D eigenvalue weighted by atomic mass is 16.5. The van der Waals surface area contributed by atoms with Crippen LogP contribution in [0.5, 0.6) is 0 Å². The third-order valence-electron chi connectivity index (χ3n) is 5.50. The van der Waals surface area contributed by atoms with Crippen molar-refractivity contribution >= 4 is 11.9 Å². The molecule has 3 N–H and O–H groups in total. The van der Waals surface area contributed by atoms with Gasteiger partial charge in [-0.25, -0.2) is 4.79 Å². The fourth-order valence-electron chi connectivity index (χ4n) is 3.83. The number of ether oxygens (including phenoxy) is 1. The minimum absolute atomic E-state index is 0.145. The summed E-state index contributed by atoms with van der Waals surface area (Å²) >= 11 is 0. The number of carbonyl (C=O) groups excluding carboxylic acids is 2. The molecule has 0 saturated heterocycles. The van der Waals surface area contributed by atoms with Crippen LogP contribution in [-0.2, 0) is 9.53 Å². The Bertz CT molecular complexity index is 636. The Morgan fingerprint density at radius 3 is 2.60 bits per heavy atom. The molecule has 140 valence electrons. The minimum atomic E-state index is -0.670. The summed E-state index contributed by atoms with van der Waals surface area (Å²) in [7, 11) is 0. The van der Waals surface area contributed by atoms with Gasteiger partial charge in [-0.1, -0.05) is 26.7 Å². The maximum atomic E-state index is 12.3. The Morgan fingerprint density at radius 2 is 2.00 bits per heavy atom. The normalized spacial score (nSPS) is 24.6. The van der Waals surface area contributed by atoms with Gasteiger partial charge in [0, 0.05) is 17.3 Å². The molecule has 4 atom stereocenters. The quantitative estimate of drug-likeness (QED) is 0.712. The summed E-state index contributed by atoms with van der Waals surface area (Å²) in [4.78, 5) is 27.3. The van der Waals surface area contributed by atoms with E-state index in [1.165, 1.54) is 6.42 Å². The van der Waals surface area contributed by atoms with Crippen molar-refractivity contribution < 1.29 is 19.4 Å². The first-order chi connectivity index (χ1) is 11.7. The van der Waals surface area contributed by atoms with Crippen LogP contribution in [0.15, 0.2) is 0 Å². The van der Waals surface area contributed by atoms with Gasteiger partial charge in [-0.05, 0) is 44.6 Å². The lowest BCUT2D eigenvalue weighted by molar-refractivity contribution is -0.125. The van der Waals surface area contributed by atoms with E-state index in [2.05, 4.69) is 24.1 Å². The van der Waals surface area contributed by atoms with E-state index in [4.69, 9.17) is 4.74 Å². The standard InChI is InChI=1S/C19H30N2O4/c1-10-7-6-8-15(11(10)2)21-16(23)9-25-19(24)18-12(3)17(14(5)22)13(4)20-18/h10-11,14-15,20,22H,6-9H2,1-5H3,(H,21,23)/t10-,11-,14+,15+/m0/s1. The molecule has 1 aromatic heterocycles. The fraction of sp³-hybridized carbons (Fsp3) is 0.684. The SMILES string of the molecule is Cc1[nH]c(C(=O)OCC(=O)N[C@@H]2CCC[C@H](C)[C@@H]2C)c(C)c1[C@@H](C)O. The topological polar surface area (TPSA) is 91.4 Å². The summed E-state index contributed by atoms with van der Waals surface area (Å²) in [6, 6.07) is 0.145. The molecule has 0 spiro atoms. The minimum Gasteiger partial charge on any atom is -0.451 e. The van der Waals surface area contributed by atoms with Crippen molar-refractivity contribution in [2.45, 2.75) is 66.0 Å². The average molecular weight is 350 g/mol. The summed E-state index contributed by atoms with van der Waals surface area (Å²) in [6.45, 7) is 9.27. The molecule has 1 aliphatic rings. The number of amides is 1. The Hall–Kier alpha value is -1.82. The first-order valence-electron chi connectivity index (χ1n) is 9.06. The molecule has 0 radical (unpaired) electrons. The lowest BCUT2D eigenvalue weighted by atomic mass is 9.78. The maximum Gasteiger partial charge on any atom is 0.355 e. The maximum absolute atomic E-state index is 12.3. The smallest absolute Gasteiger partial charge is 0.355 e. The van der Waals surface area contributed by atoms with Crippen LogP contribution in [0.3, 0.4) is 0 Å². The van der Waals surface area contributed by atoms with Gasteiger partial charge >= 0.3 is 5.97 Å². The summed E-state index contributed by atoms with van der Waals surface area (Å²) in [5.41, 5.74) is 2.38. The van der Waals surface area contributed by atoms with Crippen molar-refractivity contribution in [3.05, 3.63) is 22.5 Å². The number of aliphatic hydroxyl groups excluding tert-OH is 1. The van der Waals surface area contributed by atoms with Gasteiger partial charge in [0.2, 0.25) is 0 Å². The number of aliphatic hydroxyl groups is 1. The molecule has 1 aliphatic carbocycles. The van der Waals surface area contributed by atoms with Crippen LogP contribution in [0.1, 0.15) is 73.4 Å². The molecule has 1 amide bonds. The van der Waals surface area contributed by atoms with Crippen molar-refractivity contribution in [1.82, 2.24) is 10.3 Å². The summed E-state index contributed by atoms with van der Waals surface area (Å²) in [5.74, 6) is 0.170. The second-order valence-corrected chi connectivity index (χ2v) is 7.36. The van der Waals surface area contributed by atoms with Crippen LogP contribution in [-0.4, -0.2) is 34.6 Å². The number of aryl methyl sites for hydroxylation is 1. The number of aromatic nitrogens is 1. The first kappa shape index (κ1) is 19.5. The molecule has 6 heteroatoms. The van der Waals surface area contributed by atoms with Gasteiger partial charge < -0.3 is 20.1 Å². The number of aromatic amines is 1. The predicted molar refractivity (Wildman–Crippen MR) is 95.3 cm³/mol. The van der Waals surface area contributed by atoms with E-state index in [-0.39, 0.29) is 18.6 Å². The Labute approximate surface area is 149 Å². The predicted octanol–water partition coefficient (Wildman–Crippen LogP) is 2.78. The number of carbonyl (C=O) groups is 2. The van der Waals surface area contributed by atoms with Gasteiger partial charge in [0.15, 0.2) is 6.61 Å². The monoisotopic (exact) mass is 350 g/mol. The van der Waals surface area contributed by atoms with Crippen LogP contribution in [0.4, 0.5) is 0 Å². The molecule has 25 heavy (non-hydrogen) atoms. The zero-order valence-electron chi connectivity index (χ0n) is 15.8. The van der Waals surface area contributed by atoms with E-state index < -0.39 is 12.1 Å². The number of H-pyrrole nitrogens is 1. The third-order valence-corrected chi connectivity index (χ3v) is 5.50. The number of rotatable bonds is 5. The van der Waals surface area contributed by atoms with Gasteiger partial charge in [-0.15, -0.1) is 0 Å². The van der Waals surface area contributed by atoms with E-state index in [1.807, 2.05) is 0 Å². The molecular formula is C19H30N2O4. The van der Waals surface area contributed by atoms with Crippen LogP contribution in [0, 0.1) is 25.7 Å². The van der Waals surface area contributed by atoms with Crippen LogP contribution in [0.25, 0.3) is 0 Å².